The Morgan fingerprint density at radius 3 is 2.64 bits per heavy atom. The Labute approximate surface area is 269 Å². The molecule has 1 atom stereocenters. The lowest BCUT2D eigenvalue weighted by Crippen LogP contribution is -2.64. The molecule has 1 aliphatic heterocycles. The van der Waals surface area contributed by atoms with Crippen molar-refractivity contribution in [1.29, 1.82) is 0 Å². The second-order valence-electron chi connectivity index (χ2n) is 12.8. The summed E-state index contributed by atoms with van der Waals surface area (Å²) in [6.07, 6.45) is 6.40. The van der Waals surface area contributed by atoms with Crippen LogP contribution in [0, 0.1) is 5.41 Å². The first-order chi connectivity index (χ1) is 22.0. The van der Waals surface area contributed by atoms with Gasteiger partial charge >= 0.3 is 5.97 Å². The van der Waals surface area contributed by atoms with Crippen molar-refractivity contribution in [3.63, 3.8) is 0 Å². The van der Waals surface area contributed by atoms with Crippen molar-refractivity contribution in [3.05, 3.63) is 92.5 Å². The second-order valence-corrected chi connectivity index (χ2v) is 14.8. The smallest absolute Gasteiger partial charge is 0.349 e. The zero-order valence-corrected chi connectivity index (χ0v) is 26.5. The Morgan fingerprint density at radius 1 is 1.04 bits per heavy atom. The summed E-state index contributed by atoms with van der Waals surface area (Å²) < 4.78 is 8.02. The number of benzene rings is 2. The van der Waals surface area contributed by atoms with Gasteiger partial charge in [0.05, 0.1) is 15.3 Å². The summed E-state index contributed by atoms with van der Waals surface area (Å²) in [5.74, 6) is -0.589. The number of carbonyl (C=O) groups is 2. The van der Waals surface area contributed by atoms with Crippen molar-refractivity contribution in [1.82, 2.24) is 19.9 Å². The molecule has 1 saturated carbocycles. The van der Waals surface area contributed by atoms with Crippen LogP contribution in [0.1, 0.15) is 56.9 Å². The number of esters is 1. The molecule has 2 aromatic carbocycles. The van der Waals surface area contributed by atoms with Crippen LogP contribution in [0.15, 0.2) is 66.0 Å². The van der Waals surface area contributed by atoms with E-state index in [0.29, 0.717) is 9.75 Å². The summed E-state index contributed by atoms with van der Waals surface area (Å²) in [4.78, 5) is 29.8. The Morgan fingerprint density at radius 2 is 1.87 bits per heavy atom. The van der Waals surface area contributed by atoms with E-state index in [0.717, 1.165) is 98.0 Å². The number of aromatic nitrogens is 3. The molecule has 0 amide bonds. The Hall–Kier alpha value is -3.70. The predicted molar refractivity (Wildman–Crippen MR) is 175 cm³/mol. The van der Waals surface area contributed by atoms with Gasteiger partial charge in [0.15, 0.2) is 0 Å². The molecule has 2 fully saturated rings. The molecule has 8 nitrogen and oxygen atoms in total. The largest absolute Gasteiger partial charge is 0.460 e. The van der Waals surface area contributed by atoms with Gasteiger partial charge in [-0.05, 0) is 91.4 Å². The minimum absolute atomic E-state index is 0.181. The van der Waals surface area contributed by atoms with Gasteiger partial charge in [-0.1, -0.05) is 41.6 Å². The molecule has 1 spiro atoms. The summed E-state index contributed by atoms with van der Waals surface area (Å²) >= 11 is 2.79. The highest BCUT2D eigenvalue weighted by Gasteiger charge is 2.55. The molecule has 1 N–H and O–H groups in total. The fraction of sp³-hybridized carbons (Fsp3) is 0.371. The minimum atomic E-state index is -1.82. The third-order valence-corrected chi connectivity index (χ3v) is 12.0. The number of rotatable bonds is 10. The Bertz CT molecular complexity index is 1870. The van der Waals surface area contributed by atoms with E-state index in [1.807, 2.05) is 64.7 Å². The Balaban J connectivity index is 0.865. The summed E-state index contributed by atoms with van der Waals surface area (Å²) in [5.41, 5.74) is 4.53. The van der Waals surface area contributed by atoms with Crippen molar-refractivity contribution >= 4 is 46.0 Å². The lowest BCUT2D eigenvalue weighted by molar-refractivity contribution is -0.191. The highest BCUT2D eigenvalue weighted by Crippen LogP contribution is 2.51. The quantitative estimate of drug-likeness (QED) is 0.151. The van der Waals surface area contributed by atoms with E-state index in [2.05, 4.69) is 15.2 Å². The molecule has 0 bridgehead atoms. The highest BCUT2D eigenvalue weighted by molar-refractivity contribution is 7.16. The Kier molecular flexibility index (Phi) is 7.20. The van der Waals surface area contributed by atoms with Crippen LogP contribution in [0.25, 0.3) is 21.5 Å². The maximum Gasteiger partial charge on any atom is 0.349 e. The number of aryl methyl sites for hydroxylation is 2. The van der Waals surface area contributed by atoms with E-state index >= 15 is 0 Å². The molecule has 5 aromatic rings. The maximum absolute atomic E-state index is 13.6. The number of hydrogen-bond acceptors (Lipinski definition) is 9. The monoisotopic (exact) mass is 638 g/mol. The standard InChI is InChI=1S/C35H34N4O4S2/c40-20-24-17-28-32(27-10-4-9-26(24)27)39(37-36-28)15-6-14-38-21-34(22-38)18-25(19-34)43-33(41)35(42,30-11-5-16-44-30)31-13-12-29(45-31)23-7-2-1-3-8-23/h1-3,5,7-8,11-13,16-17,20,25,42H,4,6,9-10,14-15,18-19,21-22H2/t35-/m0/s1. The molecule has 230 valence electrons. The molecule has 2 aliphatic carbocycles. The number of carbonyl (C=O) groups excluding carboxylic acids is 2. The van der Waals surface area contributed by atoms with Gasteiger partial charge in [0.25, 0.3) is 0 Å². The topological polar surface area (TPSA) is 97.5 Å². The van der Waals surface area contributed by atoms with Gasteiger partial charge in [-0.2, -0.15) is 0 Å². The molecule has 0 unspecified atom stereocenters. The van der Waals surface area contributed by atoms with Crippen molar-refractivity contribution in [2.75, 3.05) is 19.6 Å². The maximum atomic E-state index is 13.6. The number of likely N-dealkylation sites (tertiary alicyclic amines) is 1. The summed E-state index contributed by atoms with van der Waals surface area (Å²) in [6, 6.07) is 19.4. The zero-order chi connectivity index (χ0) is 30.6. The van der Waals surface area contributed by atoms with Gasteiger partial charge in [0.2, 0.25) is 5.60 Å². The van der Waals surface area contributed by atoms with Gasteiger partial charge in [0.1, 0.15) is 17.9 Å². The first-order valence-corrected chi connectivity index (χ1v) is 17.3. The fourth-order valence-corrected chi connectivity index (χ4v) is 9.63. The van der Waals surface area contributed by atoms with Crippen LogP contribution in [0.4, 0.5) is 0 Å². The molecule has 4 heterocycles. The molecule has 45 heavy (non-hydrogen) atoms. The fourth-order valence-electron chi connectivity index (χ4n) is 7.64. The minimum Gasteiger partial charge on any atom is -0.460 e. The normalized spacial score (nSPS) is 18.8. The second kappa shape index (κ2) is 11.3. The lowest BCUT2D eigenvalue weighted by atomic mass is 9.61. The SMILES string of the molecule is O=Cc1cc2nnn(CCCN3CC4(CC(OC(=O)[C@](O)(c5cccs5)c5ccc(-c6ccccc6)s5)C4)C3)c2c2c1CCC2. The van der Waals surface area contributed by atoms with Crippen LogP contribution in [0.2, 0.25) is 0 Å². The third-order valence-electron chi connectivity index (χ3n) is 9.78. The van der Waals surface area contributed by atoms with Crippen molar-refractivity contribution in [3.8, 4) is 10.4 Å². The van der Waals surface area contributed by atoms with E-state index < -0.39 is 11.6 Å². The van der Waals surface area contributed by atoms with Gasteiger partial charge in [-0.15, -0.1) is 27.8 Å². The number of hydrogen-bond donors (Lipinski definition) is 1. The zero-order valence-electron chi connectivity index (χ0n) is 24.9. The summed E-state index contributed by atoms with van der Waals surface area (Å²) in [7, 11) is 0. The van der Waals surface area contributed by atoms with Crippen molar-refractivity contribution in [2.45, 2.75) is 56.8 Å². The molecule has 3 aromatic heterocycles. The molecular weight excluding hydrogens is 605 g/mol. The van der Waals surface area contributed by atoms with Gasteiger partial charge < -0.3 is 14.7 Å². The molecule has 3 aliphatic rings. The number of thiophene rings is 2. The van der Waals surface area contributed by atoms with Crippen LogP contribution in [-0.2, 0) is 34.5 Å². The van der Waals surface area contributed by atoms with Crippen molar-refractivity contribution < 1.29 is 19.4 Å². The number of fused-ring (bicyclic) bond motifs is 3. The van der Waals surface area contributed by atoms with E-state index in [9.17, 15) is 14.7 Å². The van der Waals surface area contributed by atoms with E-state index in [1.165, 1.54) is 33.8 Å². The number of nitrogens with zero attached hydrogens (tertiary/aromatic N) is 4. The van der Waals surface area contributed by atoms with Gasteiger partial charge in [-0.3, -0.25) is 4.79 Å². The first-order valence-electron chi connectivity index (χ1n) is 15.6. The van der Waals surface area contributed by atoms with E-state index in [4.69, 9.17) is 4.74 Å². The number of ether oxygens (including phenoxy) is 1. The third kappa shape index (κ3) is 4.95. The lowest BCUT2D eigenvalue weighted by Gasteiger charge is -2.58. The first kappa shape index (κ1) is 28.8. The van der Waals surface area contributed by atoms with Crippen LogP contribution in [0.3, 0.4) is 0 Å². The molecule has 10 heteroatoms. The van der Waals surface area contributed by atoms with Crippen LogP contribution >= 0.6 is 22.7 Å². The average molecular weight is 639 g/mol. The van der Waals surface area contributed by atoms with Crippen LogP contribution in [-0.4, -0.2) is 63.0 Å². The van der Waals surface area contributed by atoms with Gasteiger partial charge in [0, 0.05) is 35.5 Å². The molecular formula is C35H34N4O4S2. The average Bonchev–Trinajstić information content (AvgIpc) is 3.84. The summed E-state index contributed by atoms with van der Waals surface area (Å²) in [6.45, 7) is 3.77. The van der Waals surface area contributed by atoms with Crippen LogP contribution in [0.5, 0.6) is 0 Å². The summed E-state index contributed by atoms with van der Waals surface area (Å²) in [5, 5.41) is 22.6. The van der Waals surface area contributed by atoms with E-state index in [-0.39, 0.29) is 11.5 Å². The van der Waals surface area contributed by atoms with Gasteiger partial charge in [-0.25, -0.2) is 9.48 Å². The molecule has 8 rings (SSSR count). The molecule has 1 saturated heterocycles. The highest BCUT2D eigenvalue weighted by atomic mass is 32.1. The number of aldehydes is 1. The molecule has 0 radical (unpaired) electrons. The van der Waals surface area contributed by atoms with Crippen LogP contribution < -0.4 is 0 Å². The van der Waals surface area contributed by atoms with Crippen molar-refractivity contribution in [2.24, 2.45) is 5.41 Å². The predicted octanol–water partition coefficient (Wildman–Crippen LogP) is 5.86. The number of aliphatic hydroxyl groups is 1. The van der Waals surface area contributed by atoms with E-state index in [1.54, 1.807) is 6.07 Å².